The van der Waals surface area contributed by atoms with Gasteiger partial charge in [-0.25, -0.2) is 0 Å². The SMILES string of the molecule is CCO[C@@H]1C[C@@](O)(CNC(=O)c2ccoc2)C1(C)C. The van der Waals surface area contributed by atoms with Gasteiger partial charge in [-0.05, 0) is 13.0 Å². The fourth-order valence-electron chi connectivity index (χ4n) is 2.48. The van der Waals surface area contributed by atoms with Gasteiger partial charge < -0.3 is 19.6 Å². The van der Waals surface area contributed by atoms with Crippen LogP contribution in [0.3, 0.4) is 0 Å². The molecule has 1 fully saturated rings. The van der Waals surface area contributed by atoms with E-state index in [2.05, 4.69) is 5.32 Å². The predicted molar refractivity (Wildman–Crippen MR) is 69.8 cm³/mol. The summed E-state index contributed by atoms with van der Waals surface area (Å²) >= 11 is 0. The van der Waals surface area contributed by atoms with Crippen LogP contribution in [-0.2, 0) is 4.74 Å². The van der Waals surface area contributed by atoms with Crippen LogP contribution in [-0.4, -0.2) is 35.9 Å². The lowest BCUT2D eigenvalue weighted by atomic mass is 9.56. The molecule has 0 bridgehead atoms. The first-order valence-corrected chi connectivity index (χ1v) is 6.55. The van der Waals surface area contributed by atoms with E-state index < -0.39 is 5.60 Å². The topological polar surface area (TPSA) is 71.7 Å². The average Bonchev–Trinajstić information content (AvgIpc) is 2.89. The van der Waals surface area contributed by atoms with E-state index in [0.29, 0.717) is 18.6 Å². The van der Waals surface area contributed by atoms with Crippen LogP contribution in [0.2, 0.25) is 0 Å². The Morgan fingerprint density at radius 1 is 1.63 bits per heavy atom. The molecule has 1 aromatic heterocycles. The van der Waals surface area contributed by atoms with Crippen molar-refractivity contribution < 1.29 is 19.1 Å². The van der Waals surface area contributed by atoms with Crippen molar-refractivity contribution in [2.24, 2.45) is 5.41 Å². The third kappa shape index (κ3) is 2.40. The molecule has 2 N–H and O–H groups in total. The first-order valence-electron chi connectivity index (χ1n) is 6.55. The third-order valence-electron chi connectivity index (χ3n) is 4.22. The second-order valence-corrected chi connectivity index (χ2v) is 5.60. The van der Waals surface area contributed by atoms with Crippen molar-refractivity contribution >= 4 is 5.91 Å². The molecule has 1 aliphatic rings. The highest BCUT2D eigenvalue weighted by molar-refractivity contribution is 5.93. The molecule has 0 unspecified atom stereocenters. The van der Waals surface area contributed by atoms with E-state index in [9.17, 15) is 9.90 Å². The molecule has 1 aliphatic carbocycles. The lowest BCUT2D eigenvalue weighted by Crippen LogP contribution is -2.68. The van der Waals surface area contributed by atoms with E-state index in [-0.39, 0.29) is 24.0 Å². The van der Waals surface area contributed by atoms with Crippen molar-refractivity contribution in [2.45, 2.75) is 38.9 Å². The molecule has 5 nitrogen and oxygen atoms in total. The lowest BCUT2D eigenvalue weighted by Gasteiger charge is -2.57. The van der Waals surface area contributed by atoms with Gasteiger partial charge in [-0.2, -0.15) is 0 Å². The van der Waals surface area contributed by atoms with Crippen LogP contribution in [0.1, 0.15) is 37.6 Å². The van der Waals surface area contributed by atoms with Crippen LogP contribution >= 0.6 is 0 Å². The van der Waals surface area contributed by atoms with E-state index >= 15 is 0 Å². The number of aliphatic hydroxyl groups is 1. The normalized spacial score (nSPS) is 28.7. The number of carbonyl (C=O) groups excluding carboxylic acids is 1. The lowest BCUT2D eigenvalue weighted by molar-refractivity contribution is -0.237. The summed E-state index contributed by atoms with van der Waals surface area (Å²) in [5.74, 6) is -0.238. The van der Waals surface area contributed by atoms with Crippen LogP contribution in [0, 0.1) is 5.41 Å². The van der Waals surface area contributed by atoms with Crippen molar-refractivity contribution in [1.29, 1.82) is 0 Å². The van der Waals surface area contributed by atoms with Gasteiger partial charge in [-0.15, -0.1) is 0 Å². The molecule has 1 saturated carbocycles. The molecule has 0 radical (unpaired) electrons. The van der Waals surface area contributed by atoms with Gasteiger partial charge in [0, 0.05) is 25.0 Å². The van der Waals surface area contributed by atoms with Gasteiger partial charge in [0.1, 0.15) is 6.26 Å². The number of hydrogen-bond donors (Lipinski definition) is 2. The number of carbonyl (C=O) groups is 1. The van der Waals surface area contributed by atoms with Crippen molar-refractivity contribution in [2.75, 3.05) is 13.2 Å². The monoisotopic (exact) mass is 267 g/mol. The third-order valence-corrected chi connectivity index (χ3v) is 4.22. The van der Waals surface area contributed by atoms with Gasteiger partial charge in [0.2, 0.25) is 0 Å². The first-order chi connectivity index (χ1) is 8.90. The summed E-state index contributed by atoms with van der Waals surface area (Å²) in [4.78, 5) is 11.8. The van der Waals surface area contributed by atoms with Crippen LogP contribution in [0.5, 0.6) is 0 Å². The summed E-state index contributed by atoms with van der Waals surface area (Å²) in [5.41, 5.74) is -0.832. The van der Waals surface area contributed by atoms with E-state index in [1.54, 1.807) is 6.07 Å². The van der Waals surface area contributed by atoms with Gasteiger partial charge in [-0.3, -0.25) is 4.79 Å². The summed E-state index contributed by atoms with van der Waals surface area (Å²) in [6, 6.07) is 1.59. The fraction of sp³-hybridized carbons (Fsp3) is 0.643. The second-order valence-electron chi connectivity index (χ2n) is 5.60. The van der Waals surface area contributed by atoms with Crippen LogP contribution in [0.25, 0.3) is 0 Å². The highest BCUT2D eigenvalue weighted by Gasteiger charge is 2.59. The number of hydrogen-bond acceptors (Lipinski definition) is 4. The molecule has 0 saturated heterocycles. The standard InChI is InChI=1S/C14H21NO4/c1-4-19-11-7-14(17,13(11,2)3)9-15-12(16)10-5-6-18-8-10/h5-6,8,11,17H,4,7,9H2,1-3H3,(H,15,16)/t11-,14-/m1/s1. The van der Waals surface area contributed by atoms with Crippen molar-refractivity contribution in [3.63, 3.8) is 0 Å². The van der Waals surface area contributed by atoms with Crippen LogP contribution < -0.4 is 5.32 Å². The number of rotatable bonds is 5. The first kappa shape index (κ1) is 14.1. The molecular weight excluding hydrogens is 246 g/mol. The molecule has 1 heterocycles. The summed E-state index contributed by atoms with van der Waals surface area (Å²) in [6.07, 6.45) is 3.41. The van der Waals surface area contributed by atoms with E-state index in [1.165, 1.54) is 12.5 Å². The van der Waals surface area contributed by atoms with Gasteiger partial charge in [0.15, 0.2) is 0 Å². The zero-order valence-electron chi connectivity index (χ0n) is 11.6. The molecule has 0 spiro atoms. The van der Waals surface area contributed by atoms with Crippen LogP contribution in [0.4, 0.5) is 0 Å². The fourth-order valence-corrected chi connectivity index (χ4v) is 2.48. The number of nitrogens with one attached hydrogen (secondary N) is 1. The summed E-state index contributed by atoms with van der Waals surface area (Å²) < 4.78 is 10.4. The largest absolute Gasteiger partial charge is 0.472 e. The van der Waals surface area contributed by atoms with Gasteiger partial charge in [0.25, 0.3) is 5.91 Å². The van der Waals surface area contributed by atoms with Crippen LogP contribution in [0.15, 0.2) is 23.0 Å². The second kappa shape index (κ2) is 4.98. The Bertz CT molecular complexity index is 440. The van der Waals surface area contributed by atoms with Gasteiger partial charge >= 0.3 is 0 Å². The Labute approximate surface area is 112 Å². The molecule has 0 aromatic carbocycles. The molecule has 106 valence electrons. The van der Waals surface area contributed by atoms with Crippen molar-refractivity contribution in [3.05, 3.63) is 24.2 Å². The van der Waals surface area contributed by atoms with E-state index in [0.717, 1.165) is 0 Å². The minimum absolute atomic E-state index is 0.0355. The summed E-state index contributed by atoms with van der Waals surface area (Å²) in [5, 5.41) is 13.3. The zero-order valence-corrected chi connectivity index (χ0v) is 11.6. The average molecular weight is 267 g/mol. The van der Waals surface area contributed by atoms with Gasteiger partial charge in [-0.1, -0.05) is 13.8 Å². The van der Waals surface area contributed by atoms with E-state index in [4.69, 9.17) is 9.15 Å². The van der Waals surface area contributed by atoms with Crippen molar-refractivity contribution in [3.8, 4) is 0 Å². The minimum Gasteiger partial charge on any atom is -0.472 e. The number of amides is 1. The zero-order chi connectivity index (χ0) is 14.1. The molecule has 2 atom stereocenters. The maximum Gasteiger partial charge on any atom is 0.254 e. The Kier molecular flexibility index (Phi) is 3.69. The molecule has 5 heteroatoms. The highest BCUT2D eigenvalue weighted by atomic mass is 16.5. The molecule has 19 heavy (non-hydrogen) atoms. The molecule has 0 aliphatic heterocycles. The Morgan fingerprint density at radius 2 is 2.37 bits per heavy atom. The van der Waals surface area contributed by atoms with E-state index in [1.807, 2.05) is 20.8 Å². The molecule has 1 aromatic rings. The summed E-state index contributed by atoms with van der Waals surface area (Å²) in [7, 11) is 0. The Hall–Kier alpha value is -1.33. The summed E-state index contributed by atoms with van der Waals surface area (Å²) in [6.45, 7) is 6.70. The molecular formula is C14H21NO4. The Morgan fingerprint density at radius 3 is 2.89 bits per heavy atom. The highest BCUT2D eigenvalue weighted by Crippen LogP contribution is 2.50. The smallest absolute Gasteiger partial charge is 0.254 e. The van der Waals surface area contributed by atoms with Gasteiger partial charge in [0.05, 0.1) is 23.5 Å². The maximum atomic E-state index is 11.8. The predicted octanol–water partition coefficient (Wildman–Crippen LogP) is 1.58. The maximum absolute atomic E-state index is 11.8. The molecule has 1 amide bonds. The van der Waals surface area contributed by atoms with Crippen molar-refractivity contribution in [1.82, 2.24) is 5.32 Å². The quantitative estimate of drug-likeness (QED) is 0.849. The minimum atomic E-state index is -0.924. The number of ether oxygens (including phenoxy) is 1. The number of furan rings is 1. The Balaban J connectivity index is 1.91. The molecule has 2 rings (SSSR count).